The van der Waals surface area contributed by atoms with Gasteiger partial charge in [0.2, 0.25) is 0 Å². The van der Waals surface area contributed by atoms with E-state index in [1.54, 1.807) is 18.2 Å². The molecule has 0 aromatic heterocycles. The number of hydrogen-bond donors (Lipinski definition) is 2. The summed E-state index contributed by atoms with van der Waals surface area (Å²) < 4.78 is 24.5. The van der Waals surface area contributed by atoms with Gasteiger partial charge in [0.1, 0.15) is 0 Å². The van der Waals surface area contributed by atoms with Crippen molar-refractivity contribution < 1.29 is 13.2 Å². The van der Waals surface area contributed by atoms with Gasteiger partial charge in [-0.15, -0.1) is 0 Å². The molecule has 0 aliphatic carbocycles. The minimum atomic E-state index is -3.40. The zero-order chi connectivity index (χ0) is 16.0. The van der Waals surface area contributed by atoms with Gasteiger partial charge in [0.05, 0.1) is 16.2 Å². The highest BCUT2D eigenvalue weighted by atomic mass is 32.2. The third kappa shape index (κ3) is 4.30. The van der Waals surface area contributed by atoms with Crippen LogP contribution in [0.4, 0.5) is 0 Å². The summed E-state index contributed by atoms with van der Waals surface area (Å²) in [4.78, 5) is 12.4. The Balaban J connectivity index is 2.03. The molecule has 0 saturated carbocycles. The maximum absolute atomic E-state index is 12.3. The normalized spacial score (nSPS) is 18.3. The van der Waals surface area contributed by atoms with E-state index in [4.69, 9.17) is 0 Å². The van der Waals surface area contributed by atoms with Crippen molar-refractivity contribution in [3.05, 3.63) is 29.8 Å². The molecule has 1 aromatic rings. The third-order valence-electron chi connectivity index (χ3n) is 3.94. The van der Waals surface area contributed by atoms with Gasteiger partial charge in [-0.2, -0.15) is 0 Å². The molecule has 0 spiro atoms. The van der Waals surface area contributed by atoms with Crippen LogP contribution < -0.4 is 10.6 Å². The lowest BCUT2D eigenvalue weighted by molar-refractivity contribution is 0.0948. The second-order valence-electron chi connectivity index (χ2n) is 5.72. The molecule has 1 amide bonds. The SMILES string of the molecule is CCCS(=O)(=O)c1ccccc1C(=O)NCCC1CCNC1. The average molecular weight is 324 g/mol. The Morgan fingerprint density at radius 3 is 2.82 bits per heavy atom. The number of hydrogen-bond acceptors (Lipinski definition) is 4. The van der Waals surface area contributed by atoms with Crippen molar-refractivity contribution in [1.82, 2.24) is 10.6 Å². The summed E-state index contributed by atoms with van der Waals surface area (Å²) >= 11 is 0. The predicted octanol–water partition coefficient (Wildman–Crippen LogP) is 1.60. The van der Waals surface area contributed by atoms with Crippen LogP contribution >= 0.6 is 0 Å². The molecule has 1 heterocycles. The lowest BCUT2D eigenvalue weighted by Gasteiger charge is -2.12. The highest BCUT2D eigenvalue weighted by Crippen LogP contribution is 2.18. The summed E-state index contributed by atoms with van der Waals surface area (Å²) in [7, 11) is -3.40. The molecule has 0 radical (unpaired) electrons. The largest absolute Gasteiger partial charge is 0.352 e. The Kier molecular flexibility index (Phi) is 5.97. The molecule has 1 aliphatic heterocycles. The van der Waals surface area contributed by atoms with Crippen molar-refractivity contribution in [2.75, 3.05) is 25.4 Å². The number of sulfone groups is 1. The van der Waals surface area contributed by atoms with Crippen molar-refractivity contribution in [3.63, 3.8) is 0 Å². The lowest BCUT2D eigenvalue weighted by Crippen LogP contribution is -2.28. The first-order valence-electron chi connectivity index (χ1n) is 7.85. The molecule has 122 valence electrons. The highest BCUT2D eigenvalue weighted by molar-refractivity contribution is 7.91. The molecule has 6 heteroatoms. The maximum atomic E-state index is 12.3. The molecule has 0 bridgehead atoms. The summed E-state index contributed by atoms with van der Waals surface area (Å²) in [6.07, 6.45) is 2.59. The Morgan fingerprint density at radius 1 is 1.36 bits per heavy atom. The van der Waals surface area contributed by atoms with Crippen molar-refractivity contribution in [3.8, 4) is 0 Å². The molecular formula is C16H24N2O3S. The van der Waals surface area contributed by atoms with Crippen LogP contribution in [0.2, 0.25) is 0 Å². The van der Waals surface area contributed by atoms with E-state index in [0.29, 0.717) is 18.9 Å². The number of carbonyl (C=O) groups excluding carboxylic acids is 1. The van der Waals surface area contributed by atoms with Crippen LogP contribution in [-0.2, 0) is 9.84 Å². The number of nitrogens with one attached hydrogen (secondary N) is 2. The van der Waals surface area contributed by atoms with E-state index in [2.05, 4.69) is 10.6 Å². The molecule has 1 fully saturated rings. The maximum Gasteiger partial charge on any atom is 0.252 e. The fraction of sp³-hybridized carbons (Fsp3) is 0.562. The van der Waals surface area contributed by atoms with E-state index < -0.39 is 9.84 Å². The van der Waals surface area contributed by atoms with Crippen molar-refractivity contribution >= 4 is 15.7 Å². The zero-order valence-electron chi connectivity index (χ0n) is 13.0. The third-order valence-corrected chi connectivity index (χ3v) is 5.91. The molecular weight excluding hydrogens is 300 g/mol. The first kappa shape index (κ1) is 17.0. The molecule has 2 N–H and O–H groups in total. The topological polar surface area (TPSA) is 75.3 Å². The Hall–Kier alpha value is -1.40. The van der Waals surface area contributed by atoms with Gasteiger partial charge in [-0.1, -0.05) is 19.1 Å². The molecule has 1 aromatic carbocycles. The molecule has 22 heavy (non-hydrogen) atoms. The standard InChI is InChI=1S/C16H24N2O3S/c1-2-11-22(20,21)15-6-4-3-5-14(15)16(19)18-10-8-13-7-9-17-12-13/h3-6,13,17H,2,7-12H2,1H3,(H,18,19). The van der Waals surface area contributed by atoms with E-state index in [-0.39, 0.29) is 22.1 Å². The molecule has 1 aliphatic rings. The van der Waals surface area contributed by atoms with Crippen LogP contribution in [-0.4, -0.2) is 39.7 Å². The number of benzene rings is 1. The van der Waals surface area contributed by atoms with E-state index in [1.807, 2.05) is 6.92 Å². The second-order valence-corrected chi connectivity index (χ2v) is 7.80. The Labute approximate surface area is 132 Å². The Bertz CT molecular complexity index is 608. The van der Waals surface area contributed by atoms with Gasteiger partial charge in [0.15, 0.2) is 9.84 Å². The van der Waals surface area contributed by atoms with Crippen LogP contribution in [0.5, 0.6) is 0 Å². The summed E-state index contributed by atoms with van der Waals surface area (Å²) in [6.45, 7) is 4.43. The zero-order valence-corrected chi connectivity index (χ0v) is 13.8. The first-order chi connectivity index (χ1) is 10.5. The van der Waals surface area contributed by atoms with Crippen LogP contribution in [0.15, 0.2) is 29.2 Å². The van der Waals surface area contributed by atoms with Crippen LogP contribution in [0.1, 0.15) is 36.5 Å². The van der Waals surface area contributed by atoms with Crippen LogP contribution in [0.3, 0.4) is 0 Å². The second kappa shape index (κ2) is 7.74. The lowest BCUT2D eigenvalue weighted by atomic mass is 10.1. The summed E-state index contributed by atoms with van der Waals surface area (Å²) in [5.41, 5.74) is 0.250. The number of rotatable bonds is 7. The van der Waals surface area contributed by atoms with Crippen molar-refractivity contribution in [2.24, 2.45) is 5.92 Å². The summed E-state index contributed by atoms with van der Waals surface area (Å²) in [6, 6.07) is 6.44. The quantitative estimate of drug-likeness (QED) is 0.799. The Morgan fingerprint density at radius 2 is 2.14 bits per heavy atom. The number of amides is 1. The van der Waals surface area contributed by atoms with Crippen LogP contribution in [0, 0.1) is 5.92 Å². The summed E-state index contributed by atoms with van der Waals surface area (Å²) in [5, 5.41) is 6.14. The van der Waals surface area contributed by atoms with Gasteiger partial charge < -0.3 is 10.6 Å². The first-order valence-corrected chi connectivity index (χ1v) is 9.50. The van der Waals surface area contributed by atoms with E-state index >= 15 is 0 Å². The van der Waals surface area contributed by atoms with Crippen LogP contribution in [0.25, 0.3) is 0 Å². The van der Waals surface area contributed by atoms with E-state index in [9.17, 15) is 13.2 Å². The smallest absolute Gasteiger partial charge is 0.252 e. The summed E-state index contributed by atoms with van der Waals surface area (Å²) in [5.74, 6) is 0.353. The monoisotopic (exact) mass is 324 g/mol. The van der Waals surface area contributed by atoms with Crippen molar-refractivity contribution in [1.29, 1.82) is 0 Å². The van der Waals surface area contributed by atoms with Gasteiger partial charge in [-0.3, -0.25) is 4.79 Å². The van der Waals surface area contributed by atoms with Gasteiger partial charge in [-0.05, 0) is 50.4 Å². The van der Waals surface area contributed by atoms with Gasteiger partial charge in [-0.25, -0.2) is 8.42 Å². The van der Waals surface area contributed by atoms with E-state index in [1.165, 1.54) is 6.07 Å². The van der Waals surface area contributed by atoms with E-state index in [0.717, 1.165) is 25.9 Å². The number of carbonyl (C=O) groups is 1. The van der Waals surface area contributed by atoms with Crippen molar-refractivity contribution in [2.45, 2.75) is 31.1 Å². The minimum absolute atomic E-state index is 0.0606. The van der Waals surface area contributed by atoms with Gasteiger partial charge >= 0.3 is 0 Å². The molecule has 1 saturated heterocycles. The predicted molar refractivity (Wildman–Crippen MR) is 86.7 cm³/mol. The van der Waals surface area contributed by atoms with Gasteiger partial charge in [0, 0.05) is 6.54 Å². The fourth-order valence-corrected chi connectivity index (χ4v) is 4.29. The fourth-order valence-electron chi connectivity index (χ4n) is 2.75. The minimum Gasteiger partial charge on any atom is -0.352 e. The van der Waals surface area contributed by atoms with Gasteiger partial charge in [0.25, 0.3) is 5.91 Å². The molecule has 2 rings (SSSR count). The average Bonchev–Trinajstić information content (AvgIpc) is 3.00. The molecule has 1 unspecified atom stereocenters. The molecule has 1 atom stereocenters. The highest BCUT2D eigenvalue weighted by Gasteiger charge is 2.21. The molecule has 5 nitrogen and oxygen atoms in total.